The van der Waals surface area contributed by atoms with Crippen LogP contribution in [0.15, 0.2) is 89.7 Å². The predicted octanol–water partition coefficient (Wildman–Crippen LogP) is 6.03. The Hall–Kier alpha value is -4.56. The summed E-state index contributed by atoms with van der Waals surface area (Å²) in [5, 5.41) is 6.29. The molecule has 2 atom stereocenters. The summed E-state index contributed by atoms with van der Waals surface area (Å²) in [4.78, 5) is 41.4. The van der Waals surface area contributed by atoms with E-state index in [4.69, 9.17) is 16.3 Å². The van der Waals surface area contributed by atoms with Gasteiger partial charge in [0, 0.05) is 48.6 Å². The van der Waals surface area contributed by atoms with Crippen molar-refractivity contribution in [1.29, 1.82) is 0 Å². The van der Waals surface area contributed by atoms with Crippen molar-refractivity contribution in [3.8, 4) is 5.75 Å². The third-order valence-corrected chi connectivity index (χ3v) is 8.20. The molecule has 0 radical (unpaired) electrons. The van der Waals surface area contributed by atoms with Crippen molar-refractivity contribution in [3.05, 3.63) is 117 Å². The van der Waals surface area contributed by atoms with Gasteiger partial charge in [0.05, 0.1) is 28.6 Å². The van der Waals surface area contributed by atoms with Crippen LogP contribution in [-0.4, -0.2) is 36.1 Å². The lowest BCUT2D eigenvalue weighted by Crippen LogP contribution is -2.47. The molecule has 4 aromatic rings. The van der Waals surface area contributed by atoms with Crippen molar-refractivity contribution in [2.75, 3.05) is 35.2 Å². The van der Waals surface area contributed by atoms with Gasteiger partial charge in [-0.15, -0.1) is 0 Å². The van der Waals surface area contributed by atoms with Gasteiger partial charge < -0.3 is 24.8 Å². The second-order valence-corrected chi connectivity index (χ2v) is 11.1. The van der Waals surface area contributed by atoms with Crippen LogP contribution in [-0.2, 0) is 6.54 Å². The van der Waals surface area contributed by atoms with Gasteiger partial charge in [0.2, 0.25) is 0 Å². The summed E-state index contributed by atoms with van der Waals surface area (Å²) >= 11 is 6.33. The maximum absolute atomic E-state index is 13.4. The first kappa shape index (κ1) is 27.6. The number of fused-ring (bicyclic) bond motifs is 4. The molecule has 2 aliphatic rings. The summed E-state index contributed by atoms with van der Waals surface area (Å²) in [5.41, 5.74) is 3.78. The van der Waals surface area contributed by atoms with E-state index in [1.807, 2.05) is 29.7 Å². The lowest BCUT2D eigenvalue weighted by Gasteiger charge is -2.44. The van der Waals surface area contributed by atoms with Crippen molar-refractivity contribution >= 4 is 40.5 Å². The molecule has 2 aliphatic heterocycles. The molecule has 214 valence electrons. The van der Waals surface area contributed by atoms with E-state index in [9.17, 15) is 14.4 Å². The highest BCUT2D eigenvalue weighted by atomic mass is 35.5. The number of aromatic nitrogens is 1. The van der Waals surface area contributed by atoms with Crippen LogP contribution in [0.1, 0.15) is 45.7 Å². The minimum absolute atomic E-state index is 0.0336. The SMILES string of the molecule is CCOc1ccc(NC(=O)c2ccc(N3CC4CC(C3)c3cccc(=O)n3C4)c(NC(=O)c3ccccc3Cl)c2)cc1. The Labute approximate surface area is 248 Å². The van der Waals surface area contributed by atoms with Gasteiger partial charge >= 0.3 is 0 Å². The molecule has 1 fully saturated rings. The van der Waals surface area contributed by atoms with E-state index in [1.165, 1.54) is 0 Å². The normalized spacial score (nSPS) is 17.2. The Morgan fingerprint density at radius 3 is 2.50 bits per heavy atom. The number of pyridine rings is 1. The third kappa shape index (κ3) is 5.63. The molecule has 6 rings (SSSR count). The van der Waals surface area contributed by atoms with E-state index in [0.29, 0.717) is 47.2 Å². The van der Waals surface area contributed by atoms with Crippen LogP contribution in [0.4, 0.5) is 17.1 Å². The Kier molecular flexibility index (Phi) is 7.71. The second kappa shape index (κ2) is 11.7. The van der Waals surface area contributed by atoms with E-state index in [1.54, 1.807) is 66.7 Å². The molecule has 1 saturated heterocycles. The van der Waals surface area contributed by atoms with Gasteiger partial charge in [-0.2, -0.15) is 0 Å². The number of hydrogen-bond acceptors (Lipinski definition) is 5. The third-order valence-electron chi connectivity index (χ3n) is 7.87. The van der Waals surface area contributed by atoms with Crippen molar-refractivity contribution in [1.82, 2.24) is 4.57 Å². The number of anilines is 3. The molecule has 3 aromatic carbocycles. The highest BCUT2D eigenvalue weighted by Gasteiger charge is 2.35. The molecule has 0 saturated carbocycles. The van der Waals surface area contributed by atoms with E-state index in [-0.39, 0.29) is 29.2 Å². The molecular weight excluding hydrogens is 552 g/mol. The Bertz CT molecular complexity index is 1700. The molecule has 2 N–H and O–H groups in total. The number of piperidine rings is 1. The van der Waals surface area contributed by atoms with Gasteiger partial charge in [-0.05, 0) is 79.9 Å². The summed E-state index contributed by atoms with van der Waals surface area (Å²) < 4.78 is 7.38. The maximum Gasteiger partial charge on any atom is 0.257 e. The smallest absolute Gasteiger partial charge is 0.257 e. The molecule has 0 spiro atoms. The first-order valence-corrected chi connectivity index (χ1v) is 14.5. The Morgan fingerprint density at radius 1 is 0.905 bits per heavy atom. The Morgan fingerprint density at radius 2 is 1.71 bits per heavy atom. The number of halogens is 1. The molecular formula is C33H31ClN4O4. The largest absolute Gasteiger partial charge is 0.494 e. The number of amides is 2. The summed E-state index contributed by atoms with van der Waals surface area (Å²) in [6.45, 7) is 4.55. The number of nitrogens with one attached hydrogen (secondary N) is 2. The molecule has 2 unspecified atom stereocenters. The summed E-state index contributed by atoms with van der Waals surface area (Å²) in [5.74, 6) is 0.526. The molecule has 1 aromatic heterocycles. The summed E-state index contributed by atoms with van der Waals surface area (Å²) in [6.07, 6.45) is 1.00. The minimum Gasteiger partial charge on any atom is -0.494 e. The second-order valence-electron chi connectivity index (χ2n) is 10.7. The van der Waals surface area contributed by atoms with Crippen LogP contribution in [0.3, 0.4) is 0 Å². The van der Waals surface area contributed by atoms with Crippen LogP contribution in [0, 0.1) is 5.92 Å². The Balaban J connectivity index is 1.31. The first-order valence-electron chi connectivity index (χ1n) is 14.1. The first-order chi connectivity index (χ1) is 20.4. The number of carbonyl (C=O) groups is 2. The number of rotatable bonds is 7. The van der Waals surface area contributed by atoms with Crippen molar-refractivity contribution in [3.63, 3.8) is 0 Å². The van der Waals surface area contributed by atoms with Crippen molar-refractivity contribution in [2.24, 2.45) is 5.92 Å². The van der Waals surface area contributed by atoms with Crippen LogP contribution in [0.2, 0.25) is 5.02 Å². The fraction of sp³-hybridized carbons (Fsp3) is 0.242. The molecule has 9 heteroatoms. The maximum atomic E-state index is 13.4. The average molecular weight is 583 g/mol. The van der Waals surface area contributed by atoms with Gasteiger partial charge in [0.15, 0.2) is 0 Å². The van der Waals surface area contributed by atoms with Crippen LogP contribution in [0.25, 0.3) is 0 Å². The van der Waals surface area contributed by atoms with Gasteiger partial charge in [-0.25, -0.2) is 0 Å². The lowest BCUT2D eigenvalue weighted by molar-refractivity contribution is 0.101. The summed E-state index contributed by atoms with van der Waals surface area (Å²) in [7, 11) is 0. The average Bonchev–Trinajstić information content (AvgIpc) is 2.99. The zero-order valence-electron chi connectivity index (χ0n) is 23.2. The fourth-order valence-corrected chi connectivity index (χ4v) is 6.21. The fourth-order valence-electron chi connectivity index (χ4n) is 5.99. The van der Waals surface area contributed by atoms with Crippen LogP contribution >= 0.6 is 11.6 Å². The number of nitrogens with zero attached hydrogens (tertiary/aromatic N) is 2. The number of benzene rings is 3. The number of hydrogen-bond donors (Lipinski definition) is 2. The van der Waals surface area contributed by atoms with Crippen LogP contribution < -0.4 is 25.8 Å². The van der Waals surface area contributed by atoms with E-state index < -0.39 is 0 Å². The quantitative estimate of drug-likeness (QED) is 0.278. The highest BCUT2D eigenvalue weighted by molar-refractivity contribution is 6.34. The summed E-state index contributed by atoms with van der Waals surface area (Å²) in [6, 6.07) is 24.9. The molecule has 8 nitrogen and oxygen atoms in total. The minimum atomic E-state index is -0.361. The van der Waals surface area contributed by atoms with Gasteiger partial charge in [-0.3, -0.25) is 14.4 Å². The van der Waals surface area contributed by atoms with E-state index in [2.05, 4.69) is 15.5 Å². The molecule has 42 heavy (non-hydrogen) atoms. The molecule has 0 aliphatic carbocycles. The monoisotopic (exact) mass is 582 g/mol. The molecule has 2 bridgehead atoms. The lowest BCUT2D eigenvalue weighted by atomic mass is 9.83. The topological polar surface area (TPSA) is 92.7 Å². The van der Waals surface area contributed by atoms with Gasteiger partial charge in [-0.1, -0.05) is 29.8 Å². The predicted molar refractivity (Wildman–Crippen MR) is 165 cm³/mol. The van der Waals surface area contributed by atoms with Gasteiger partial charge in [0.25, 0.3) is 17.4 Å². The van der Waals surface area contributed by atoms with Crippen LogP contribution in [0.5, 0.6) is 5.75 Å². The standard InChI is InChI=1S/C33H31ClN4O4/c1-2-42-25-13-11-24(12-14-25)35-32(40)22-10-15-30(28(17-22)36-33(41)26-6-3-4-7-27(26)34)37-18-21-16-23(20-37)29-8-5-9-31(39)38(29)19-21/h3-15,17,21,23H,2,16,18-20H2,1H3,(H,35,40)(H,36,41). The van der Waals surface area contributed by atoms with E-state index >= 15 is 0 Å². The van der Waals surface area contributed by atoms with E-state index in [0.717, 1.165) is 30.1 Å². The molecule has 3 heterocycles. The van der Waals surface area contributed by atoms with Crippen molar-refractivity contribution < 1.29 is 14.3 Å². The van der Waals surface area contributed by atoms with Gasteiger partial charge in [0.1, 0.15) is 5.75 Å². The van der Waals surface area contributed by atoms with Crippen molar-refractivity contribution in [2.45, 2.75) is 25.8 Å². The zero-order chi connectivity index (χ0) is 29.2. The number of ether oxygens (including phenoxy) is 1. The highest BCUT2D eigenvalue weighted by Crippen LogP contribution is 2.39. The number of carbonyl (C=O) groups excluding carboxylic acids is 2. The molecule has 2 amide bonds. The zero-order valence-corrected chi connectivity index (χ0v) is 23.9.